The van der Waals surface area contributed by atoms with Crippen molar-refractivity contribution in [2.24, 2.45) is 5.10 Å². The summed E-state index contributed by atoms with van der Waals surface area (Å²) in [7, 11) is 0. The molecule has 2 amide bonds. The van der Waals surface area contributed by atoms with E-state index in [9.17, 15) is 9.59 Å². The molecule has 3 aromatic rings. The zero-order valence-electron chi connectivity index (χ0n) is 16.0. The number of carbonyl (C=O) groups excluding carboxylic acids is 2. The second-order valence-corrected chi connectivity index (χ2v) is 6.31. The maximum absolute atomic E-state index is 11.9. The molecule has 0 radical (unpaired) electrons. The van der Waals surface area contributed by atoms with Crippen LogP contribution in [0.25, 0.3) is 0 Å². The molecule has 2 N–H and O–H groups in total. The summed E-state index contributed by atoms with van der Waals surface area (Å²) in [5, 5.41) is 6.38. The molecule has 0 saturated carbocycles. The molecule has 6 nitrogen and oxygen atoms in total. The van der Waals surface area contributed by atoms with Crippen molar-refractivity contribution in [2.75, 3.05) is 5.32 Å². The van der Waals surface area contributed by atoms with E-state index in [1.165, 1.54) is 6.21 Å². The number of ether oxygens (including phenoxy) is 1. The van der Waals surface area contributed by atoms with Gasteiger partial charge in [-0.05, 0) is 53.9 Å². The number of hydrogen-bond donors (Lipinski definition) is 2. The Balaban J connectivity index is 1.47. The number of aryl methyl sites for hydroxylation is 1. The minimum Gasteiger partial charge on any atom is -0.489 e. The Labute approximate surface area is 169 Å². The number of para-hydroxylation sites is 1. The fraction of sp³-hybridized carbons (Fsp3) is 0.0870. The molecule has 0 heterocycles. The average Bonchev–Trinajstić information content (AvgIpc) is 2.75. The van der Waals surface area contributed by atoms with Crippen LogP contribution in [0.4, 0.5) is 5.69 Å². The van der Waals surface area contributed by atoms with Crippen molar-refractivity contribution in [3.8, 4) is 5.75 Å². The van der Waals surface area contributed by atoms with Gasteiger partial charge in [0.1, 0.15) is 12.4 Å². The SMILES string of the molecule is Cc1ccccc1NC(=O)C(=O)N/N=C\c1ccc(OCc2ccccc2)cc1. The van der Waals surface area contributed by atoms with E-state index in [0.29, 0.717) is 12.3 Å². The van der Waals surface area contributed by atoms with Gasteiger partial charge < -0.3 is 10.1 Å². The molecule has 0 aliphatic heterocycles. The van der Waals surface area contributed by atoms with Crippen molar-refractivity contribution in [1.82, 2.24) is 5.43 Å². The number of anilines is 1. The summed E-state index contributed by atoms with van der Waals surface area (Å²) in [5.74, 6) is -0.888. The molecular weight excluding hydrogens is 366 g/mol. The molecule has 6 heteroatoms. The van der Waals surface area contributed by atoms with Gasteiger partial charge in [-0.1, -0.05) is 48.5 Å². The van der Waals surface area contributed by atoms with Crippen LogP contribution in [0, 0.1) is 6.92 Å². The lowest BCUT2D eigenvalue weighted by Crippen LogP contribution is -2.32. The first-order valence-corrected chi connectivity index (χ1v) is 9.08. The number of nitrogens with one attached hydrogen (secondary N) is 2. The Bertz CT molecular complexity index is 999. The van der Waals surface area contributed by atoms with E-state index in [0.717, 1.165) is 22.4 Å². The summed E-state index contributed by atoms with van der Waals surface area (Å²) in [6.07, 6.45) is 1.46. The standard InChI is InChI=1S/C23H21N3O3/c1-17-7-5-6-10-21(17)25-22(27)23(28)26-24-15-18-11-13-20(14-12-18)29-16-19-8-3-2-4-9-19/h2-15H,16H2,1H3,(H,25,27)(H,26,28)/b24-15-. The molecule has 0 aliphatic rings. The maximum atomic E-state index is 11.9. The molecule has 0 saturated heterocycles. The third-order valence-corrected chi connectivity index (χ3v) is 4.11. The van der Waals surface area contributed by atoms with Gasteiger partial charge in [0.05, 0.1) is 6.21 Å². The Morgan fingerprint density at radius 1 is 0.897 bits per heavy atom. The van der Waals surface area contributed by atoms with Crippen LogP contribution in [0.1, 0.15) is 16.7 Å². The molecule has 0 atom stereocenters. The Morgan fingerprint density at radius 2 is 1.59 bits per heavy atom. The van der Waals surface area contributed by atoms with E-state index in [-0.39, 0.29) is 0 Å². The highest BCUT2D eigenvalue weighted by Gasteiger charge is 2.13. The molecule has 29 heavy (non-hydrogen) atoms. The minimum absolute atomic E-state index is 0.486. The molecule has 3 aromatic carbocycles. The quantitative estimate of drug-likeness (QED) is 0.385. The molecule has 0 fully saturated rings. The summed E-state index contributed by atoms with van der Waals surface area (Å²) in [5.41, 5.74) is 5.52. The second-order valence-electron chi connectivity index (χ2n) is 6.31. The fourth-order valence-electron chi connectivity index (χ4n) is 2.50. The third kappa shape index (κ3) is 6.04. The van der Waals surface area contributed by atoms with Gasteiger partial charge in [-0.2, -0.15) is 5.10 Å². The number of hydrogen-bond acceptors (Lipinski definition) is 4. The molecule has 0 unspecified atom stereocenters. The van der Waals surface area contributed by atoms with E-state index in [1.807, 2.05) is 73.7 Å². The van der Waals surface area contributed by atoms with Crippen molar-refractivity contribution < 1.29 is 14.3 Å². The van der Waals surface area contributed by atoms with Crippen molar-refractivity contribution in [1.29, 1.82) is 0 Å². The first kappa shape index (κ1) is 19.8. The summed E-state index contributed by atoms with van der Waals surface area (Å²) < 4.78 is 5.72. The summed E-state index contributed by atoms with van der Waals surface area (Å²) in [4.78, 5) is 23.8. The molecular formula is C23H21N3O3. The first-order valence-electron chi connectivity index (χ1n) is 9.08. The largest absolute Gasteiger partial charge is 0.489 e. The normalized spacial score (nSPS) is 10.5. The average molecular weight is 387 g/mol. The van der Waals surface area contributed by atoms with Crippen LogP contribution in [0.2, 0.25) is 0 Å². The van der Waals surface area contributed by atoms with Gasteiger partial charge in [-0.3, -0.25) is 9.59 Å². The fourth-order valence-corrected chi connectivity index (χ4v) is 2.50. The predicted octanol–water partition coefficient (Wildman–Crippen LogP) is 3.66. The monoisotopic (exact) mass is 387 g/mol. The van der Waals surface area contributed by atoms with Crippen LogP contribution in [0.3, 0.4) is 0 Å². The molecule has 3 rings (SSSR count). The van der Waals surface area contributed by atoms with Gasteiger partial charge in [0.15, 0.2) is 0 Å². The highest BCUT2D eigenvalue weighted by molar-refractivity contribution is 6.39. The highest BCUT2D eigenvalue weighted by atomic mass is 16.5. The third-order valence-electron chi connectivity index (χ3n) is 4.11. The summed E-state index contributed by atoms with van der Waals surface area (Å²) in [6.45, 7) is 2.33. The van der Waals surface area contributed by atoms with E-state index in [1.54, 1.807) is 12.1 Å². The number of carbonyl (C=O) groups is 2. The number of nitrogens with zero attached hydrogens (tertiary/aromatic N) is 1. The molecule has 0 spiro atoms. The lowest BCUT2D eigenvalue weighted by atomic mass is 10.2. The van der Waals surface area contributed by atoms with Crippen LogP contribution < -0.4 is 15.5 Å². The van der Waals surface area contributed by atoms with Crippen molar-refractivity contribution in [3.05, 3.63) is 95.6 Å². The van der Waals surface area contributed by atoms with Gasteiger partial charge in [0.25, 0.3) is 0 Å². The summed E-state index contributed by atoms with van der Waals surface area (Å²) in [6, 6.07) is 24.4. The Morgan fingerprint density at radius 3 is 2.31 bits per heavy atom. The highest BCUT2D eigenvalue weighted by Crippen LogP contribution is 2.14. The Hall–Kier alpha value is -3.93. The lowest BCUT2D eigenvalue weighted by molar-refractivity contribution is -0.136. The van der Waals surface area contributed by atoms with Gasteiger partial charge in [0, 0.05) is 5.69 Å². The van der Waals surface area contributed by atoms with Crippen molar-refractivity contribution >= 4 is 23.7 Å². The maximum Gasteiger partial charge on any atom is 0.329 e. The van der Waals surface area contributed by atoms with Crippen LogP contribution >= 0.6 is 0 Å². The van der Waals surface area contributed by atoms with Gasteiger partial charge in [-0.25, -0.2) is 5.43 Å². The molecule has 146 valence electrons. The summed E-state index contributed by atoms with van der Waals surface area (Å²) >= 11 is 0. The van der Waals surface area contributed by atoms with Crippen molar-refractivity contribution in [2.45, 2.75) is 13.5 Å². The molecule has 0 bridgehead atoms. The number of amides is 2. The van der Waals surface area contributed by atoms with E-state index in [2.05, 4.69) is 15.8 Å². The minimum atomic E-state index is -0.840. The molecule has 0 aromatic heterocycles. The van der Waals surface area contributed by atoms with E-state index >= 15 is 0 Å². The number of benzene rings is 3. The zero-order chi connectivity index (χ0) is 20.5. The van der Waals surface area contributed by atoms with Gasteiger partial charge in [-0.15, -0.1) is 0 Å². The van der Waals surface area contributed by atoms with Crippen LogP contribution in [-0.4, -0.2) is 18.0 Å². The Kier molecular flexibility index (Phi) is 6.73. The molecule has 0 aliphatic carbocycles. The number of hydrazone groups is 1. The van der Waals surface area contributed by atoms with Crippen LogP contribution in [0.5, 0.6) is 5.75 Å². The number of rotatable bonds is 6. The smallest absolute Gasteiger partial charge is 0.329 e. The second kappa shape index (κ2) is 9.85. The van der Waals surface area contributed by atoms with Crippen molar-refractivity contribution in [3.63, 3.8) is 0 Å². The zero-order valence-corrected chi connectivity index (χ0v) is 16.0. The predicted molar refractivity (Wildman–Crippen MR) is 113 cm³/mol. The lowest BCUT2D eigenvalue weighted by Gasteiger charge is -2.07. The van der Waals surface area contributed by atoms with E-state index in [4.69, 9.17) is 4.74 Å². The topological polar surface area (TPSA) is 79.8 Å². The van der Waals surface area contributed by atoms with Gasteiger partial charge >= 0.3 is 11.8 Å². The first-order chi connectivity index (χ1) is 14.1. The van der Waals surface area contributed by atoms with E-state index < -0.39 is 11.8 Å². The van der Waals surface area contributed by atoms with Crippen LogP contribution in [0.15, 0.2) is 84.0 Å². The van der Waals surface area contributed by atoms with Gasteiger partial charge in [0.2, 0.25) is 0 Å². The van der Waals surface area contributed by atoms with Crippen LogP contribution in [-0.2, 0) is 16.2 Å².